The zero-order chi connectivity index (χ0) is 20.6. The molecule has 1 aliphatic heterocycles. The molecule has 1 aliphatic rings. The monoisotopic (exact) mass is 398 g/mol. The Morgan fingerprint density at radius 1 is 0.931 bits per heavy atom. The molecule has 2 amide bonds. The summed E-state index contributed by atoms with van der Waals surface area (Å²) in [5.74, 6) is -0.538. The number of hydrogen-bond acceptors (Lipinski definition) is 3. The largest absolute Gasteiger partial charge is 0.331 e. The maximum Gasteiger partial charge on any atom is 0.279 e. The van der Waals surface area contributed by atoms with Crippen LogP contribution < -0.4 is 10.2 Å². The van der Waals surface area contributed by atoms with E-state index in [2.05, 4.69) is 5.32 Å². The molecule has 1 heterocycles. The van der Waals surface area contributed by atoms with Gasteiger partial charge in [0.15, 0.2) is 12.3 Å². The van der Waals surface area contributed by atoms with E-state index in [-0.39, 0.29) is 36.3 Å². The Bertz CT molecular complexity index is 847. The second-order valence-electron chi connectivity index (χ2n) is 7.15. The van der Waals surface area contributed by atoms with Crippen LogP contribution >= 0.6 is 0 Å². The minimum atomic E-state index is -0.347. The van der Waals surface area contributed by atoms with Gasteiger partial charge in [0, 0.05) is 24.1 Å². The molecule has 0 bridgehead atoms. The lowest BCUT2D eigenvalue weighted by molar-refractivity contribution is -0.895. The van der Waals surface area contributed by atoms with Crippen molar-refractivity contribution < 1.29 is 23.7 Å². The van der Waals surface area contributed by atoms with Crippen LogP contribution in [0.15, 0.2) is 54.6 Å². The van der Waals surface area contributed by atoms with E-state index in [0.717, 1.165) is 4.90 Å². The number of anilines is 1. The lowest BCUT2D eigenvalue weighted by Gasteiger charge is -2.32. The van der Waals surface area contributed by atoms with Crippen LogP contribution in [0.3, 0.4) is 0 Å². The first-order valence-corrected chi connectivity index (χ1v) is 9.76. The van der Waals surface area contributed by atoms with E-state index in [9.17, 15) is 18.8 Å². The number of benzene rings is 2. The Morgan fingerprint density at radius 2 is 1.59 bits per heavy atom. The van der Waals surface area contributed by atoms with Gasteiger partial charge in [-0.05, 0) is 24.3 Å². The number of ketones is 1. The summed E-state index contributed by atoms with van der Waals surface area (Å²) in [5, 5.41) is 2.75. The third-order valence-electron chi connectivity index (χ3n) is 5.02. The Hall–Kier alpha value is -3.06. The molecule has 6 nitrogen and oxygen atoms in total. The van der Waals surface area contributed by atoms with E-state index in [0.29, 0.717) is 44.0 Å². The molecular weight excluding hydrogens is 373 g/mol. The number of Topliss-reactive ketones (excluding diaryl/α,β-unsaturated/α-hetero) is 1. The molecule has 0 spiro atoms. The molecule has 2 N–H and O–H groups in total. The van der Waals surface area contributed by atoms with Crippen LogP contribution in [0.25, 0.3) is 0 Å². The van der Waals surface area contributed by atoms with Gasteiger partial charge in [-0.3, -0.25) is 14.4 Å². The van der Waals surface area contributed by atoms with Crippen molar-refractivity contribution in [2.75, 3.05) is 38.0 Å². The maximum atomic E-state index is 12.9. The first kappa shape index (κ1) is 20.7. The SMILES string of the molecule is O=C(C[NH+]1CCN(C(=O)CCC(=O)c2ccccc2)CC1)Nc1ccc(F)cc1. The number of hydrogen-bond donors (Lipinski definition) is 2. The normalized spacial score (nSPS) is 14.4. The minimum Gasteiger partial charge on any atom is -0.331 e. The summed E-state index contributed by atoms with van der Waals surface area (Å²) in [6, 6.07) is 14.6. The predicted molar refractivity (Wildman–Crippen MR) is 107 cm³/mol. The quantitative estimate of drug-likeness (QED) is 0.688. The Labute approximate surface area is 169 Å². The highest BCUT2D eigenvalue weighted by Gasteiger charge is 2.25. The molecule has 0 aliphatic carbocycles. The fourth-order valence-corrected chi connectivity index (χ4v) is 3.36. The molecular formula is C22H25FN3O3+. The number of nitrogens with one attached hydrogen (secondary N) is 2. The number of piperazine rings is 1. The molecule has 0 radical (unpaired) electrons. The molecule has 0 aromatic heterocycles. The average Bonchev–Trinajstić information content (AvgIpc) is 2.74. The first-order valence-electron chi connectivity index (χ1n) is 9.76. The summed E-state index contributed by atoms with van der Waals surface area (Å²) in [4.78, 5) is 39.5. The molecule has 2 aromatic carbocycles. The fourth-order valence-electron chi connectivity index (χ4n) is 3.36. The van der Waals surface area contributed by atoms with Crippen molar-refractivity contribution in [1.29, 1.82) is 0 Å². The van der Waals surface area contributed by atoms with Crippen LogP contribution in [0.5, 0.6) is 0 Å². The number of nitrogens with zero attached hydrogens (tertiary/aromatic N) is 1. The molecule has 1 saturated heterocycles. The molecule has 3 rings (SSSR count). The van der Waals surface area contributed by atoms with Crippen LogP contribution in [-0.4, -0.2) is 55.2 Å². The molecule has 0 unspecified atom stereocenters. The summed E-state index contributed by atoms with van der Waals surface area (Å²) >= 11 is 0. The van der Waals surface area contributed by atoms with Gasteiger partial charge >= 0.3 is 0 Å². The Kier molecular flexibility index (Phi) is 7.08. The van der Waals surface area contributed by atoms with E-state index < -0.39 is 0 Å². The van der Waals surface area contributed by atoms with Crippen LogP contribution in [0, 0.1) is 5.82 Å². The van der Waals surface area contributed by atoms with Gasteiger partial charge in [-0.15, -0.1) is 0 Å². The second kappa shape index (κ2) is 9.93. The molecule has 1 fully saturated rings. The summed E-state index contributed by atoms with van der Waals surface area (Å²) in [7, 11) is 0. The van der Waals surface area contributed by atoms with Crippen molar-refractivity contribution in [2.24, 2.45) is 0 Å². The van der Waals surface area contributed by atoms with Crippen molar-refractivity contribution in [1.82, 2.24) is 4.90 Å². The summed E-state index contributed by atoms with van der Waals surface area (Å²) < 4.78 is 12.9. The fraction of sp³-hybridized carbons (Fsp3) is 0.318. The highest BCUT2D eigenvalue weighted by molar-refractivity contribution is 5.97. The van der Waals surface area contributed by atoms with Crippen LogP contribution in [0.2, 0.25) is 0 Å². The number of carbonyl (C=O) groups excluding carboxylic acids is 3. The van der Waals surface area contributed by atoms with Gasteiger partial charge in [-0.25, -0.2) is 4.39 Å². The van der Waals surface area contributed by atoms with Crippen molar-refractivity contribution in [3.63, 3.8) is 0 Å². The Morgan fingerprint density at radius 3 is 2.24 bits per heavy atom. The summed E-state index contributed by atoms with van der Waals surface area (Å²) in [6.45, 7) is 2.78. The first-order chi connectivity index (χ1) is 14.0. The van der Waals surface area contributed by atoms with Crippen LogP contribution in [0.4, 0.5) is 10.1 Å². The second-order valence-corrected chi connectivity index (χ2v) is 7.15. The van der Waals surface area contributed by atoms with Crippen molar-refractivity contribution in [3.05, 3.63) is 66.0 Å². The Balaban J connectivity index is 1.38. The topological polar surface area (TPSA) is 70.9 Å². The van der Waals surface area contributed by atoms with Gasteiger partial charge in [-0.1, -0.05) is 30.3 Å². The van der Waals surface area contributed by atoms with Gasteiger partial charge in [0.1, 0.15) is 5.82 Å². The highest BCUT2D eigenvalue weighted by atomic mass is 19.1. The average molecular weight is 398 g/mol. The van der Waals surface area contributed by atoms with Crippen molar-refractivity contribution in [2.45, 2.75) is 12.8 Å². The zero-order valence-electron chi connectivity index (χ0n) is 16.2. The van der Waals surface area contributed by atoms with Crippen LogP contribution in [0.1, 0.15) is 23.2 Å². The molecule has 152 valence electrons. The van der Waals surface area contributed by atoms with E-state index in [1.54, 1.807) is 17.0 Å². The lowest BCUT2D eigenvalue weighted by atomic mass is 10.1. The summed E-state index contributed by atoms with van der Waals surface area (Å²) in [5.41, 5.74) is 1.19. The molecule has 2 aromatic rings. The number of amides is 2. The molecule has 0 atom stereocenters. The van der Waals surface area contributed by atoms with E-state index in [1.165, 1.54) is 24.3 Å². The smallest absolute Gasteiger partial charge is 0.279 e. The third kappa shape index (κ3) is 6.22. The number of rotatable bonds is 7. The van der Waals surface area contributed by atoms with Gasteiger partial charge in [0.05, 0.1) is 26.2 Å². The van der Waals surface area contributed by atoms with Gasteiger partial charge in [0.2, 0.25) is 5.91 Å². The van der Waals surface area contributed by atoms with Gasteiger partial charge in [0.25, 0.3) is 5.91 Å². The minimum absolute atomic E-state index is 0.0240. The number of carbonyl (C=O) groups is 3. The van der Waals surface area contributed by atoms with E-state index in [4.69, 9.17) is 0 Å². The lowest BCUT2D eigenvalue weighted by Crippen LogP contribution is -3.15. The van der Waals surface area contributed by atoms with Crippen LogP contribution in [-0.2, 0) is 9.59 Å². The van der Waals surface area contributed by atoms with Crippen molar-refractivity contribution in [3.8, 4) is 0 Å². The van der Waals surface area contributed by atoms with E-state index >= 15 is 0 Å². The molecule has 0 saturated carbocycles. The maximum absolute atomic E-state index is 12.9. The zero-order valence-corrected chi connectivity index (χ0v) is 16.2. The highest BCUT2D eigenvalue weighted by Crippen LogP contribution is 2.08. The van der Waals surface area contributed by atoms with Crippen molar-refractivity contribution >= 4 is 23.3 Å². The summed E-state index contributed by atoms with van der Waals surface area (Å²) in [6.07, 6.45) is 0.407. The third-order valence-corrected chi connectivity index (χ3v) is 5.02. The van der Waals surface area contributed by atoms with Gasteiger partial charge < -0.3 is 15.1 Å². The number of quaternary nitrogens is 1. The standard InChI is InChI=1S/C22H24FN3O3/c23-18-6-8-19(9-7-18)24-21(28)16-25-12-14-26(15-13-25)22(29)11-10-20(27)17-4-2-1-3-5-17/h1-9H,10-16H2,(H,24,28)/p+1. The predicted octanol–water partition coefficient (Wildman–Crippen LogP) is 1.15. The molecule has 29 heavy (non-hydrogen) atoms. The molecule has 7 heteroatoms. The van der Waals surface area contributed by atoms with Gasteiger partial charge in [-0.2, -0.15) is 0 Å². The van der Waals surface area contributed by atoms with E-state index in [1.807, 2.05) is 18.2 Å². The number of halogens is 1.